The molecule has 1 aromatic carbocycles. The minimum absolute atomic E-state index is 0.173. The Morgan fingerprint density at radius 1 is 1.30 bits per heavy atom. The topological polar surface area (TPSA) is 85.7 Å². The number of H-pyrrole nitrogens is 1. The number of esters is 1. The van der Waals surface area contributed by atoms with E-state index in [-0.39, 0.29) is 12.3 Å². The molecule has 118 valence electrons. The maximum atomic E-state index is 12.1. The number of hydrogen-bond acceptors (Lipinski definition) is 5. The van der Waals surface area contributed by atoms with Gasteiger partial charge in [0.1, 0.15) is 5.69 Å². The maximum absolute atomic E-state index is 12.1. The van der Waals surface area contributed by atoms with Crippen LogP contribution in [0.2, 0.25) is 0 Å². The van der Waals surface area contributed by atoms with Crippen LogP contribution in [0.1, 0.15) is 28.5 Å². The molecule has 0 aliphatic rings. The molecule has 23 heavy (non-hydrogen) atoms. The van der Waals surface area contributed by atoms with E-state index in [9.17, 15) is 4.79 Å². The summed E-state index contributed by atoms with van der Waals surface area (Å²) < 4.78 is 6.81. The van der Waals surface area contributed by atoms with Gasteiger partial charge in [-0.3, -0.25) is 0 Å². The second kappa shape index (κ2) is 6.04. The average molecular weight is 311 g/mol. The zero-order valence-corrected chi connectivity index (χ0v) is 13.2. The monoisotopic (exact) mass is 311 g/mol. The highest BCUT2D eigenvalue weighted by molar-refractivity contribution is 5.95. The molecule has 0 atom stereocenters. The van der Waals surface area contributed by atoms with Gasteiger partial charge in [-0.05, 0) is 44.0 Å². The Kier molecular flexibility index (Phi) is 3.92. The van der Waals surface area contributed by atoms with Gasteiger partial charge < -0.3 is 4.74 Å². The molecule has 0 fully saturated rings. The number of ether oxygens (including phenoxy) is 1. The number of benzene rings is 1. The van der Waals surface area contributed by atoms with Crippen LogP contribution >= 0.6 is 0 Å². The summed E-state index contributed by atoms with van der Waals surface area (Å²) in [6, 6.07) is 5.88. The minimum Gasteiger partial charge on any atom is -0.461 e. The lowest BCUT2D eigenvalue weighted by molar-refractivity contribution is 0.0520. The van der Waals surface area contributed by atoms with Gasteiger partial charge in [-0.25, -0.2) is 9.48 Å². The first-order chi connectivity index (χ1) is 11.1. The highest BCUT2D eigenvalue weighted by atomic mass is 16.5. The van der Waals surface area contributed by atoms with E-state index in [2.05, 4.69) is 20.5 Å². The van der Waals surface area contributed by atoms with Crippen molar-refractivity contribution in [1.29, 1.82) is 0 Å². The Hall–Kier alpha value is -2.96. The summed E-state index contributed by atoms with van der Waals surface area (Å²) in [7, 11) is 0. The lowest BCUT2D eigenvalue weighted by Crippen LogP contribution is -2.08. The zero-order valence-electron chi connectivity index (χ0n) is 13.2. The fourth-order valence-corrected chi connectivity index (χ4v) is 2.59. The van der Waals surface area contributed by atoms with Crippen molar-refractivity contribution in [1.82, 2.24) is 25.2 Å². The van der Waals surface area contributed by atoms with Crippen molar-refractivity contribution in [2.45, 2.75) is 20.8 Å². The molecule has 0 aliphatic heterocycles. The van der Waals surface area contributed by atoms with Crippen LogP contribution in [0.15, 0.2) is 30.6 Å². The molecule has 7 nitrogen and oxygen atoms in total. The highest BCUT2D eigenvalue weighted by Gasteiger charge is 2.23. The van der Waals surface area contributed by atoms with Crippen LogP contribution in [0.3, 0.4) is 0 Å². The maximum Gasteiger partial charge on any atom is 0.361 e. The summed E-state index contributed by atoms with van der Waals surface area (Å²) >= 11 is 0. The average Bonchev–Trinajstić information content (AvgIpc) is 3.18. The predicted molar refractivity (Wildman–Crippen MR) is 84.4 cm³/mol. The largest absolute Gasteiger partial charge is 0.461 e. The van der Waals surface area contributed by atoms with E-state index >= 15 is 0 Å². The molecule has 0 aliphatic carbocycles. The summed E-state index contributed by atoms with van der Waals surface area (Å²) in [5, 5.41) is 14.9. The van der Waals surface area contributed by atoms with Gasteiger partial charge in [0.15, 0.2) is 5.69 Å². The smallest absolute Gasteiger partial charge is 0.361 e. The molecule has 2 heterocycles. The third kappa shape index (κ3) is 2.73. The van der Waals surface area contributed by atoms with Crippen LogP contribution in [0.5, 0.6) is 0 Å². The normalized spacial score (nSPS) is 10.7. The second-order valence-electron chi connectivity index (χ2n) is 5.17. The Morgan fingerprint density at radius 2 is 2.13 bits per heavy atom. The fraction of sp³-hybridized carbons (Fsp3) is 0.250. The first-order valence-electron chi connectivity index (χ1n) is 7.31. The molecular formula is C16H17N5O2. The lowest BCUT2D eigenvalue weighted by Gasteiger charge is -2.13. The van der Waals surface area contributed by atoms with Gasteiger partial charge in [0, 0.05) is 18.0 Å². The molecular weight excluding hydrogens is 294 g/mol. The van der Waals surface area contributed by atoms with Crippen LogP contribution in [0.25, 0.3) is 16.9 Å². The number of aryl methyl sites for hydroxylation is 2. The first kappa shape index (κ1) is 15.0. The third-order valence-electron chi connectivity index (χ3n) is 3.46. The molecule has 7 heteroatoms. The molecule has 0 amide bonds. The van der Waals surface area contributed by atoms with Crippen molar-refractivity contribution in [3.63, 3.8) is 0 Å². The number of nitrogens with zero attached hydrogens (tertiary/aromatic N) is 4. The van der Waals surface area contributed by atoms with Crippen LogP contribution in [0.4, 0.5) is 0 Å². The highest BCUT2D eigenvalue weighted by Crippen LogP contribution is 2.31. The van der Waals surface area contributed by atoms with E-state index in [1.165, 1.54) is 0 Å². The number of carbonyl (C=O) groups excluding carboxylic acids is 1. The van der Waals surface area contributed by atoms with Gasteiger partial charge in [0.05, 0.1) is 12.3 Å². The number of hydrogen-bond donors (Lipinski definition) is 1. The molecule has 2 aromatic heterocycles. The molecule has 3 rings (SSSR count). The molecule has 0 unspecified atom stereocenters. The van der Waals surface area contributed by atoms with Crippen molar-refractivity contribution in [2.24, 2.45) is 0 Å². The Bertz CT molecular complexity index is 836. The van der Waals surface area contributed by atoms with Crippen molar-refractivity contribution in [3.8, 4) is 16.9 Å². The summed E-state index contributed by atoms with van der Waals surface area (Å²) in [6.07, 6.45) is 3.55. The summed E-state index contributed by atoms with van der Waals surface area (Å²) in [5.74, 6) is -0.498. The standard InChI is InChI=1S/C16H17N5O2/c1-4-23-16(22)15-14(18-20-19-15)13-11(3)8-10(2)9-12(13)21-7-5-6-17-21/h5-9H,4H2,1-3H3,(H,18,19,20). The number of nitrogens with one attached hydrogen (secondary N) is 1. The van der Waals surface area contributed by atoms with Crippen molar-refractivity contribution < 1.29 is 9.53 Å². The Labute approximate surface area is 133 Å². The minimum atomic E-state index is -0.498. The molecule has 0 bridgehead atoms. The van der Waals surface area contributed by atoms with Gasteiger partial charge in [0.2, 0.25) is 0 Å². The summed E-state index contributed by atoms with van der Waals surface area (Å²) in [5.41, 5.74) is 4.36. The van der Waals surface area contributed by atoms with Gasteiger partial charge in [-0.15, -0.1) is 5.10 Å². The van der Waals surface area contributed by atoms with Gasteiger partial charge >= 0.3 is 5.97 Å². The van der Waals surface area contributed by atoms with Crippen molar-refractivity contribution in [3.05, 3.63) is 47.4 Å². The quantitative estimate of drug-likeness (QED) is 0.748. The Morgan fingerprint density at radius 3 is 2.83 bits per heavy atom. The zero-order chi connectivity index (χ0) is 16.4. The van der Waals surface area contributed by atoms with Crippen molar-refractivity contribution >= 4 is 5.97 Å². The first-order valence-corrected chi connectivity index (χ1v) is 7.31. The second-order valence-corrected chi connectivity index (χ2v) is 5.17. The van der Waals surface area contributed by atoms with Crippen LogP contribution in [0, 0.1) is 13.8 Å². The summed E-state index contributed by atoms with van der Waals surface area (Å²) in [6.45, 7) is 6.02. The number of rotatable bonds is 4. The van der Waals surface area contributed by atoms with E-state index in [0.29, 0.717) is 5.69 Å². The summed E-state index contributed by atoms with van der Waals surface area (Å²) in [4.78, 5) is 12.1. The predicted octanol–water partition coefficient (Wildman–Crippen LogP) is 2.45. The Balaban J connectivity index is 2.22. The number of aromatic amines is 1. The molecule has 0 saturated heterocycles. The van der Waals surface area contributed by atoms with E-state index < -0.39 is 5.97 Å². The van der Waals surface area contributed by atoms with E-state index in [1.807, 2.05) is 38.2 Å². The van der Waals surface area contributed by atoms with Gasteiger partial charge in [-0.1, -0.05) is 6.07 Å². The lowest BCUT2D eigenvalue weighted by atomic mass is 9.99. The molecule has 3 aromatic rings. The van der Waals surface area contributed by atoms with Crippen LogP contribution in [-0.2, 0) is 4.74 Å². The van der Waals surface area contributed by atoms with E-state index in [0.717, 1.165) is 22.4 Å². The number of carbonyl (C=O) groups is 1. The van der Waals surface area contributed by atoms with Gasteiger partial charge in [-0.2, -0.15) is 15.4 Å². The van der Waals surface area contributed by atoms with Crippen LogP contribution in [-0.4, -0.2) is 37.8 Å². The third-order valence-corrected chi connectivity index (χ3v) is 3.46. The molecule has 0 saturated carbocycles. The van der Waals surface area contributed by atoms with E-state index in [4.69, 9.17) is 4.74 Å². The molecule has 0 spiro atoms. The molecule has 1 N–H and O–H groups in total. The SMILES string of the molecule is CCOC(=O)c1n[nH]nc1-c1c(C)cc(C)cc1-n1cccn1. The molecule has 0 radical (unpaired) electrons. The van der Waals surface area contributed by atoms with E-state index in [1.54, 1.807) is 17.8 Å². The van der Waals surface area contributed by atoms with Crippen molar-refractivity contribution in [2.75, 3.05) is 6.61 Å². The van der Waals surface area contributed by atoms with Gasteiger partial charge in [0.25, 0.3) is 0 Å². The fourth-order valence-electron chi connectivity index (χ4n) is 2.59. The van der Waals surface area contributed by atoms with Crippen LogP contribution < -0.4 is 0 Å². The number of aromatic nitrogens is 5.